The predicted octanol–water partition coefficient (Wildman–Crippen LogP) is 1.04. The molecule has 18 heavy (non-hydrogen) atoms. The van der Waals surface area contributed by atoms with Gasteiger partial charge >= 0.3 is 11.7 Å². The lowest BCUT2D eigenvalue weighted by atomic mass is 10.2. The van der Waals surface area contributed by atoms with Crippen molar-refractivity contribution < 1.29 is 9.53 Å². The number of rotatable bonds is 3. The van der Waals surface area contributed by atoms with Crippen molar-refractivity contribution in [3.8, 4) is 0 Å². The zero-order valence-corrected chi connectivity index (χ0v) is 10.3. The number of hydrogen-bond donors (Lipinski definition) is 2. The summed E-state index contributed by atoms with van der Waals surface area (Å²) >= 11 is 0. The molecule has 0 amide bonds. The average Bonchev–Trinajstić information content (AvgIpc) is 2.66. The average molecular weight is 249 g/mol. The fourth-order valence-electron chi connectivity index (χ4n) is 2.05. The molecule has 0 aliphatic heterocycles. The van der Waals surface area contributed by atoms with Crippen molar-refractivity contribution in [2.75, 3.05) is 12.8 Å². The molecule has 0 saturated heterocycles. The first-order valence-electron chi connectivity index (χ1n) is 5.66. The Balaban J connectivity index is 2.66. The lowest BCUT2D eigenvalue weighted by Crippen LogP contribution is -2.28. The fourth-order valence-corrected chi connectivity index (χ4v) is 2.05. The first-order valence-corrected chi connectivity index (χ1v) is 5.66. The number of benzene rings is 1. The van der Waals surface area contributed by atoms with Gasteiger partial charge in [0.15, 0.2) is 0 Å². The summed E-state index contributed by atoms with van der Waals surface area (Å²) in [5.74, 6) is -0.433. The second-order valence-corrected chi connectivity index (χ2v) is 4.02. The summed E-state index contributed by atoms with van der Waals surface area (Å²) in [7, 11) is 1.31. The second kappa shape index (κ2) is 4.56. The number of nitrogen functional groups attached to an aromatic ring is 1. The first-order chi connectivity index (χ1) is 8.58. The Bertz CT molecular complexity index is 642. The van der Waals surface area contributed by atoms with Gasteiger partial charge in [0, 0.05) is 5.69 Å². The summed E-state index contributed by atoms with van der Waals surface area (Å²) in [6, 6.07) is 4.45. The van der Waals surface area contributed by atoms with E-state index in [4.69, 9.17) is 10.5 Å². The SMILES string of the molecule is CCC(C(=O)OC)n1c(=O)[nH]c2cc(N)ccc21. The number of esters is 1. The number of aromatic nitrogens is 2. The van der Waals surface area contributed by atoms with Crippen molar-refractivity contribution in [2.45, 2.75) is 19.4 Å². The molecular weight excluding hydrogens is 234 g/mol. The van der Waals surface area contributed by atoms with Crippen LogP contribution in [0.2, 0.25) is 0 Å². The van der Waals surface area contributed by atoms with Crippen molar-refractivity contribution in [1.82, 2.24) is 9.55 Å². The summed E-state index contributed by atoms with van der Waals surface area (Å²) < 4.78 is 6.12. The van der Waals surface area contributed by atoms with Crippen LogP contribution in [0, 0.1) is 0 Å². The molecule has 0 spiro atoms. The highest BCUT2D eigenvalue weighted by molar-refractivity contribution is 5.82. The predicted molar refractivity (Wildman–Crippen MR) is 68.3 cm³/mol. The number of fused-ring (bicyclic) bond motifs is 1. The van der Waals surface area contributed by atoms with Gasteiger partial charge in [-0.3, -0.25) is 4.57 Å². The molecule has 6 nitrogen and oxygen atoms in total. The van der Waals surface area contributed by atoms with E-state index in [1.807, 2.05) is 6.92 Å². The molecule has 0 aliphatic carbocycles. The molecule has 1 unspecified atom stereocenters. The molecule has 0 bridgehead atoms. The van der Waals surface area contributed by atoms with Crippen LogP contribution in [0.1, 0.15) is 19.4 Å². The second-order valence-electron chi connectivity index (χ2n) is 4.02. The van der Waals surface area contributed by atoms with E-state index < -0.39 is 12.0 Å². The van der Waals surface area contributed by atoms with Crippen LogP contribution in [0.25, 0.3) is 11.0 Å². The monoisotopic (exact) mass is 249 g/mol. The minimum Gasteiger partial charge on any atom is -0.467 e. The molecule has 2 aromatic rings. The third-order valence-corrected chi connectivity index (χ3v) is 2.91. The van der Waals surface area contributed by atoms with Gasteiger partial charge in [-0.05, 0) is 24.6 Å². The Morgan fingerprint density at radius 2 is 2.28 bits per heavy atom. The van der Waals surface area contributed by atoms with Gasteiger partial charge in [0.25, 0.3) is 0 Å². The molecule has 2 rings (SSSR count). The van der Waals surface area contributed by atoms with Crippen LogP contribution < -0.4 is 11.4 Å². The summed E-state index contributed by atoms with van der Waals surface area (Å²) in [5, 5.41) is 0. The minimum atomic E-state index is -0.625. The number of nitrogens with zero attached hydrogens (tertiary/aromatic N) is 1. The highest BCUT2D eigenvalue weighted by atomic mass is 16.5. The van der Waals surface area contributed by atoms with Crippen molar-refractivity contribution in [2.24, 2.45) is 0 Å². The van der Waals surface area contributed by atoms with E-state index in [2.05, 4.69) is 4.98 Å². The normalized spacial score (nSPS) is 12.6. The Hall–Kier alpha value is -2.24. The van der Waals surface area contributed by atoms with Gasteiger partial charge in [-0.1, -0.05) is 6.92 Å². The van der Waals surface area contributed by atoms with Gasteiger partial charge < -0.3 is 15.5 Å². The molecule has 6 heteroatoms. The quantitative estimate of drug-likeness (QED) is 0.628. The highest BCUT2D eigenvalue weighted by Gasteiger charge is 2.23. The Morgan fingerprint density at radius 3 is 2.89 bits per heavy atom. The van der Waals surface area contributed by atoms with E-state index >= 15 is 0 Å². The number of carbonyl (C=O) groups excluding carboxylic acids is 1. The standard InChI is InChI=1S/C12H15N3O3/c1-3-9(11(16)18-2)15-10-5-4-7(13)6-8(10)14-12(15)17/h4-6,9H,3,13H2,1-2H3,(H,14,17). The Morgan fingerprint density at radius 1 is 1.56 bits per heavy atom. The smallest absolute Gasteiger partial charge is 0.329 e. The fraction of sp³-hybridized carbons (Fsp3) is 0.333. The number of aromatic amines is 1. The van der Waals surface area contributed by atoms with Gasteiger partial charge in [0.05, 0.1) is 18.1 Å². The molecule has 3 N–H and O–H groups in total. The Kier molecular flexibility index (Phi) is 3.10. The molecule has 0 saturated carbocycles. The van der Waals surface area contributed by atoms with Crippen molar-refractivity contribution in [1.29, 1.82) is 0 Å². The molecular formula is C12H15N3O3. The van der Waals surface area contributed by atoms with E-state index in [0.717, 1.165) is 0 Å². The van der Waals surface area contributed by atoms with E-state index in [-0.39, 0.29) is 5.69 Å². The number of carbonyl (C=O) groups is 1. The van der Waals surface area contributed by atoms with Crippen molar-refractivity contribution >= 4 is 22.7 Å². The minimum absolute atomic E-state index is 0.340. The lowest BCUT2D eigenvalue weighted by molar-refractivity contribution is -0.144. The number of methoxy groups -OCH3 is 1. The number of H-pyrrole nitrogens is 1. The maximum atomic E-state index is 11.9. The number of anilines is 1. The van der Waals surface area contributed by atoms with Gasteiger partial charge in [0.2, 0.25) is 0 Å². The van der Waals surface area contributed by atoms with E-state index in [0.29, 0.717) is 23.1 Å². The number of nitrogens with two attached hydrogens (primary N) is 1. The van der Waals surface area contributed by atoms with Crippen molar-refractivity contribution in [3.63, 3.8) is 0 Å². The zero-order valence-electron chi connectivity index (χ0n) is 10.3. The molecule has 1 heterocycles. The molecule has 1 aromatic carbocycles. The summed E-state index contributed by atoms with van der Waals surface area (Å²) in [6.07, 6.45) is 0.476. The lowest BCUT2D eigenvalue weighted by Gasteiger charge is -2.14. The van der Waals surface area contributed by atoms with Crippen molar-refractivity contribution in [3.05, 3.63) is 28.7 Å². The van der Waals surface area contributed by atoms with Crippen LogP contribution in [-0.4, -0.2) is 22.6 Å². The van der Waals surface area contributed by atoms with Crippen LogP contribution in [-0.2, 0) is 9.53 Å². The Labute approximate surface area is 103 Å². The number of nitrogens with one attached hydrogen (secondary N) is 1. The van der Waals surface area contributed by atoms with Crippen LogP contribution in [0.5, 0.6) is 0 Å². The number of hydrogen-bond acceptors (Lipinski definition) is 4. The van der Waals surface area contributed by atoms with Gasteiger partial charge in [-0.15, -0.1) is 0 Å². The van der Waals surface area contributed by atoms with E-state index in [1.165, 1.54) is 11.7 Å². The van der Waals surface area contributed by atoms with Crippen LogP contribution in [0.4, 0.5) is 5.69 Å². The maximum Gasteiger partial charge on any atom is 0.329 e. The summed E-state index contributed by atoms with van der Waals surface area (Å²) in [5.41, 5.74) is 7.13. The van der Waals surface area contributed by atoms with Crippen LogP contribution in [0.3, 0.4) is 0 Å². The molecule has 96 valence electrons. The number of imidazole rings is 1. The first kappa shape index (κ1) is 12.2. The van der Waals surface area contributed by atoms with Gasteiger partial charge in [0.1, 0.15) is 6.04 Å². The molecule has 0 aliphatic rings. The topological polar surface area (TPSA) is 90.1 Å². The maximum absolute atomic E-state index is 11.9. The largest absolute Gasteiger partial charge is 0.467 e. The third-order valence-electron chi connectivity index (χ3n) is 2.91. The van der Waals surface area contributed by atoms with Crippen LogP contribution in [0.15, 0.2) is 23.0 Å². The highest BCUT2D eigenvalue weighted by Crippen LogP contribution is 2.20. The molecule has 1 aromatic heterocycles. The zero-order chi connectivity index (χ0) is 13.3. The van der Waals surface area contributed by atoms with Gasteiger partial charge in [-0.2, -0.15) is 0 Å². The molecule has 0 radical (unpaired) electrons. The van der Waals surface area contributed by atoms with E-state index in [9.17, 15) is 9.59 Å². The summed E-state index contributed by atoms with van der Waals surface area (Å²) in [4.78, 5) is 26.3. The van der Waals surface area contributed by atoms with E-state index in [1.54, 1.807) is 18.2 Å². The molecule has 0 fully saturated rings. The number of ether oxygens (including phenoxy) is 1. The third kappa shape index (κ3) is 1.85. The van der Waals surface area contributed by atoms with Crippen LogP contribution >= 0.6 is 0 Å². The summed E-state index contributed by atoms with van der Waals surface area (Å²) in [6.45, 7) is 1.82. The van der Waals surface area contributed by atoms with Gasteiger partial charge in [-0.25, -0.2) is 9.59 Å². The molecule has 1 atom stereocenters.